The molecule has 0 fully saturated rings. The summed E-state index contributed by atoms with van der Waals surface area (Å²) in [6, 6.07) is 2.90. The predicted molar refractivity (Wildman–Crippen MR) is 73.2 cm³/mol. The molecule has 19 heavy (non-hydrogen) atoms. The molecule has 1 aromatic rings. The number of aliphatic hydroxyl groups excluding tert-OH is 2. The molecule has 2 atom stereocenters. The normalized spacial score (nSPS) is 13.9. The monoisotopic (exact) mass is 333 g/mol. The van der Waals surface area contributed by atoms with E-state index in [1.807, 2.05) is 0 Å². The van der Waals surface area contributed by atoms with Crippen LogP contribution in [0.5, 0.6) is 5.75 Å². The third-order valence-corrected chi connectivity index (χ3v) is 2.99. The van der Waals surface area contributed by atoms with Crippen LogP contribution in [0.25, 0.3) is 0 Å². The Morgan fingerprint density at radius 1 is 1.47 bits per heavy atom. The lowest BCUT2D eigenvalue weighted by molar-refractivity contribution is -0.386. The van der Waals surface area contributed by atoms with E-state index in [0.29, 0.717) is 10.0 Å². The number of nitro groups is 1. The summed E-state index contributed by atoms with van der Waals surface area (Å²) >= 11 is 3.17. The maximum atomic E-state index is 11.0. The smallest absolute Gasteiger partial charge is 0.312 e. The van der Waals surface area contributed by atoms with Gasteiger partial charge in [-0.3, -0.25) is 10.1 Å². The third-order valence-electron chi connectivity index (χ3n) is 2.53. The Morgan fingerprint density at radius 3 is 2.58 bits per heavy atom. The quantitative estimate of drug-likeness (QED) is 0.616. The number of nitro benzene ring substituents is 1. The van der Waals surface area contributed by atoms with Crippen LogP contribution in [0.1, 0.15) is 25.5 Å². The van der Waals surface area contributed by atoms with Gasteiger partial charge in [-0.05, 0) is 13.0 Å². The van der Waals surface area contributed by atoms with Gasteiger partial charge in [0.05, 0.1) is 17.6 Å². The van der Waals surface area contributed by atoms with Crippen molar-refractivity contribution in [2.24, 2.45) is 5.92 Å². The first-order valence-corrected chi connectivity index (χ1v) is 6.55. The van der Waals surface area contributed by atoms with Gasteiger partial charge in [-0.2, -0.15) is 0 Å². The van der Waals surface area contributed by atoms with E-state index in [0.717, 1.165) is 0 Å². The summed E-state index contributed by atoms with van der Waals surface area (Å²) in [5.74, 6) is -0.103. The van der Waals surface area contributed by atoms with Gasteiger partial charge in [-0.1, -0.05) is 22.9 Å². The number of aliphatic hydroxyl groups is 2. The third kappa shape index (κ3) is 4.15. The van der Waals surface area contributed by atoms with E-state index in [1.165, 1.54) is 13.0 Å². The number of nitrogens with zero attached hydrogens (tertiary/aromatic N) is 1. The maximum absolute atomic E-state index is 11.0. The summed E-state index contributed by atoms with van der Waals surface area (Å²) in [6.45, 7) is 3.33. The number of halogens is 1. The summed E-state index contributed by atoms with van der Waals surface area (Å²) < 4.78 is 5.91. The topological polar surface area (TPSA) is 92.8 Å². The molecule has 0 spiro atoms. The van der Waals surface area contributed by atoms with Crippen molar-refractivity contribution in [2.75, 3.05) is 13.2 Å². The van der Waals surface area contributed by atoms with Gasteiger partial charge < -0.3 is 14.9 Å². The Morgan fingerprint density at radius 2 is 2.11 bits per heavy atom. The van der Waals surface area contributed by atoms with Crippen molar-refractivity contribution in [2.45, 2.75) is 20.0 Å². The van der Waals surface area contributed by atoms with Gasteiger partial charge in [0.15, 0.2) is 0 Å². The van der Waals surface area contributed by atoms with E-state index in [-0.39, 0.29) is 30.6 Å². The Labute approximate surface area is 119 Å². The van der Waals surface area contributed by atoms with Crippen LogP contribution < -0.4 is 4.74 Å². The lowest BCUT2D eigenvalue weighted by Crippen LogP contribution is -2.14. The minimum Gasteiger partial charge on any atom is -0.486 e. The number of benzene rings is 1. The van der Waals surface area contributed by atoms with Crippen LogP contribution in [-0.2, 0) is 0 Å². The molecule has 0 aromatic heterocycles. The van der Waals surface area contributed by atoms with Crippen molar-refractivity contribution in [3.63, 3.8) is 0 Å². The second-order valence-electron chi connectivity index (χ2n) is 4.38. The zero-order valence-electron chi connectivity index (χ0n) is 10.7. The van der Waals surface area contributed by atoms with Crippen LogP contribution in [0.2, 0.25) is 0 Å². The molecular formula is C12H16BrNO5. The maximum Gasteiger partial charge on any atom is 0.312 e. The van der Waals surface area contributed by atoms with Gasteiger partial charge in [0.1, 0.15) is 0 Å². The zero-order valence-corrected chi connectivity index (χ0v) is 12.3. The molecule has 0 saturated heterocycles. The molecule has 7 heteroatoms. The highest BCUT2D eigenvalue weighted by Gasteiger charge is 2.23. The summed E-state index contributed by atoms with van der Waals surface area (Å²) in [7, 11) is 0. The molecule has 0 saturated carbocycles. The Balaban J connectivity index is 3.19. The number of ether oxygens (including phenoxy) is 1. The lowest BCUT2D eigenvalue weighted by atomic mass is 10.1. The lowest BCUT2D eigenvalue weighted by Gasteiger charge is -2.16. The molecule has 0 bridgehead atoms. The summed E-state index contributed by atoms with van der Waals surface area (Å²) in [5, 5.41) is 29.7. The largest absolute Gasteiger partial charge is 0.486 e. The fraction of sp³-hybridized carbons (Fsp3) is 0.500. The molecule has 6 nitrogen and oxygen atoms in total. The van der Waals surface area contributed by atoms with Gasteiger partial charge in [0.2, 0.25) is 5.75 Å². The van der Waals surface area contributed by atoms with Gasteiger partial charge in [-0.25, -0.2) is 0 Å². The van der Waals surface area contributed by atoms with E-state index in [1.54, 1.807) is 13.0 Å². The van der Waals surface area contributed by atoms with Crippen LogP contribution in [0.15, 0.2) is 16.6 Å². The average Bonchev–Trinajstić information content (AvgIpc) is 2.35. The van der Waals surface area contributed by atoms with E-state index < -0.39 is 11.0 Å². The molecule has 106 valence electrons. The first-order chi connectivity index (χ1) is 8.86. The fourth-order valence-electron chi connectivity index (χ4n) is 1.48. The molecule has 1 aromatic carbocycles. The van der Waals surface area contributed by atoms with Crippen LogP contribution in [0, 0.1) is 16.0 Å². The molecule has 2 N–H and O–H groups in total. The van der Waals surface area contributed by atoms with Crippen LogP contribution in [-0.4, -0.2) is 28.4 Å². The van der Waals surface area contributed by atoms with Crippen molar-refractivity contribution in [1.82, 2.24) is 0 Å². The average molecular weight is 334 g/mol. The Hall–Kier alpha value is -1.18. The highest BCUT2D eigenvalue weighted by Crippen LogP contribution is 2.38. The number of hydrogen-bond acceptors (Lipinski definition) is 5. The zero-order chi connectivity index (χ0) is 14.6. The molecule has 0 amide bonds. The summed E-state index contributed by atoms with van der Waals surface area (Å²) in [5.41, 5.74) is 0.127. The van der Waals surface area contributed by atoms with Crippen molar-refractivity contribution >= 4 is 21.6 Å². The van der Waals surface area contributed by atoms with Crippen molar-refractivity contribution < 1.29 is 19.9 Å². The number of hydrogen-bond donors (Lipinski definition) is 2. The van der Waals surface area contributed by atoms with Gasteiger partial charge in [0, 0.05) is 28.6 Å². The number of rotatable bonds is 6. The highest BCUT2D eigenvalue weighted by molar-refractivity contribution is 9.10. The molecule has 0 aliphatic heterocycles. The SMILES string of the molecule is CC(CO)COc1c(C(C)O)cc(Br)cc1[N+](=O)[O-]. The second kappa shape index (κ2) is 6.83. The predicted octanol–water partition coefficient (Wildman–Crippen LogP) is 2.42. The molecule has 0 heterocycles. The van der Waals surface area contributed by atoms with E-state index >= 15 is 0 Å². The van der Waals surface area contributed by atoms with Gasteiger partial charge >= 0.3 is 5.69 Å². The first kappa shape index (κ1) is 15.9. The molecule has 1 rings (SSSR count). The van der Waals surface area contributed by atoms with Crippen LogP contribution in [0.4, 0.5) is 5.69 Å². The van der Waals surface area contributed by atoms with Crippen molar-refractivity contribution in [1.29, 1.82) is 0 Å². The van der Waals surface area contributed by atoms with E-state index in [4.69, 9.17) is 9.84 Å². The van der Waals surface area contributed by atoms with E-state index in [2.05, 4.69) is 15.9 Å². The fourth-order valence-corrected chi connectivity index (χ4v) is 1.94. The molecular weight excluding hydrogens is 318 g/mol. The molecule has 0 radical (unpaired) electrons. The van der Waals surface area contributed by atoms with E-state index in [9.17, 15) is 15.2 Å². The summed E-state index contributed by atoms with van der Waals surface area (Å²) in [4.78, 5) is 10.5. The minimum atomic E-state index is -0.893. The Kier molecular flexibility index (Phi) is 5.71. The molecule has 0 aliphatic carbocycles. The summed E-state index contributed by atoms with van der Waals surface area (Å²) in [6.07, 6.45) is -0.893. The Bertz CT molecular complexity index is 464. The minimum absolute atomic E-state index is 0.0449. The van der Waals surface area contributed by atoms with Gasteiger partial charge in [-0.15, -0.1) is 0 Å². The second-order valence-corrected chi connectivity index (χ2v) is 5.29. The van der Waals surface area contributed by atoms with Crippen LogP contribution >= 0.6 is 15.9 Å². The van der Waals surface area contributed by atoms with Crippen LogP contribution in [0.3, 0.4) is 0 Å². The molecule has 0 aliphatic rings. The highest BCUT2D eigenvalue weighted by atomic mass is 79.9. The van der Waals surface area contributed by atoms with Crippen molar-refractivity contribution in [3.8, 4) is 5.75 Å². The van der Waals surface area contributed by atoms with Gasteiger partial charge in [0.25, 0.3) is 0 Å². The van der Waals surface area contributed by atoms with Crippen molar-refractivity contribution in [3.05, 3.63) is 32.3 Å². The standard InChI is InChI=1S/C12H16BrNO5/c1-7(5-15)6-19-12-10(8(2)16)3-9(13)4-11(12)14(17)18/h3-4,7-8,15-16H,5-6H2,1-2H3. The first-order valence-electron chi connectivity index (χ1n) is 5.76. The molecule has 2 unspecified atom stereocenters.